The van der Waals surface area contributed by atoms with Gasteiger partial charge in [-0.2, -0.15) is 0 Å². The van der Waals surface area contributed by atoms with Crippen LogP contribution in [-0.4, -0.2) is 17.4 Å². The number of nitrogens with two attached hydrogens (primary N) is 1. The maximum Gasteiger partial charge on any atom is 0.220 e. The number of rotatable bonds is 5. The lowest BCUT2D eigenvalue weighted by Gasteiger charge is -2.14. The van der Waals surface area contributed by atoms with Crippen molar-refractivity contribution >= 4 is 42.1 Å². The number of hydrogen-bond donors (Lipinski definition) is 2. The molecule has 0 aromatic carbocycles. The van der Waals surface area contributed by atoms with Crippen molar-refractivity contribution in [2.45, 2.75) is 45.6 Å². The van der Waals surface area contributed by atoms with E-state index in [-0.39, 0.29) is 36.1 Å². The maximum atomic E-state index is 11.4. The zero-order valence-electron chi connectivity index (χ0n) is 11.6. The van der Waals surface area contributed by atoms with E-state index in [2.05, 4.69) is 36.5 Å². The van der Waals surface area contributed by atoms with Crippen molar-refractivity contribution < 1.29 is 4.79 Å². The van der Waals surface area contributed by atoms with E-state index in [1.54, 1.807) is 11.3 Å². The van der Waals surface area contributed by atoms with E-state index in [4.69, 9.17) is 5.73 Å². The minimum absolute atomic E-state index is 0. The first-order valence-corrected chi connectivity index (χ1v) is 6.73. The molecule has 0 bridgehead atoms. The van der Waals surface area contributed by atoms with Crippen LogP contribution in [0, 0.1) is 0 Å². The fourth-order valence-corrected chi connectivity index (χ4v) is 2.22. The second-order valence-corrected chi connectivity index (χ2v) is 5.99. The first kappa shape index (κ1) is 20.9. The Morgan fingerprint density at radius 3 is 2.53 bits per heavy atom. The maximum absolute atomic E-state index is 11.4. The topological polar surface area (TPSA) is 68.0 Å². The van der Waals surface area contributed by atoms with Crippen LogP contribution in [0.4, 0.5) is 0 Å². The summed E-state index contributed by atoms with van der Waals surface area (Å²) in [5.74, 6) is 0.0444. The van der Waals surface area contributed by atoms with Gasteiger partial charge in [0.2, 0.25) is 5.91 Å². The predicted molar refractivity (Wildman–Crippen MR) is 85.4 cm³/mol. The summed E-state index contributed by atoms with van der Waals surface area (Å²) in [6.07, 6.45) is 1.23. The first-order valence-electron chi connectivity index (χ1n) is 5.85. The molecule has 0 saturated carbocycles. The fraction of sp³-hybridized carbons (Fsp3) is 0.667. The molecule has 112 valence electrons. The molecular weight excluding hydrogens is 305 g/mol. The molecule has 1 aromatic rings. The molecule has 1 rings (SSSR count). The highest BCUT2D eigenvalue weighted by molar-refractivity contribution is 7.09. The lowest BCUT2D eigenvalue weighted by Crippen LogP contribution is -2.23. The lowest BCUT2D eigenvalue weighted by molar-refractivity contribution is -0.121. The smallest absolute Gasteiger partial charge is 0.220 e. The molecular formula is C12H23Cl2N3OS. The number of carbonyl (C=O) groups is 1. The van der Waals surface area contributed by atoms with Gasteiger partial charge in [-0.1, -0.05) is 20.8 Å². The predicted octanol–water partition coefficient (Wildman–Crippen LogP) is 2.64. The van der Waals surface area contributed by atoms with Crippen molar-refractivity contribution in [1.82, 2.24) is 10.3 Å². The Morgan fingerprint density at radius 2 is 2.05 bits per heavy atom. The van der Waals surface area contributed by atoms with E-state index >= 15 is 0 Å². The summed E-state index contributed by atoms with van der Waals surface area (Å²) in [5.41, 5.74) is 6.49. The number of nitrogens with one attached hydrogen (secondary N) is 1. The molecule has 1 amide bonds. The molecule has 7 heteroatoms. The summed E-state index contributed by atoms with van der Waals surface area (Å²) >= 11 is 1.59. The van der Waals surface area contributed by atoms with Gasteiger partial charge in [-0.25, -0.2) is 4.98 Å². The zero-order chi connectivity index (χ0) is 12.9. The number of halogens is 2. The Kier molecular flexibility index (Phi) is 10.5. The van der Waals surface area contributed by atoms with E-state index in [1.165, 1.54) is 0 Å². The van der Waals surface area contributed by atoms with E-state index in [1.807, 2.05) is 0 Å². The van der Waals surface area contributed by atoms with Gasteiger partial charge < -0.3 is 11.1 Å². The van der Waals surface area contributed by atoms with E-state index in [9.17, 15) is 4.79 Å². The van der Waals surface area contributed by atoms with Gasteiger partial charge in [0.05, 0.1) is 12.2 Å². The molecule has 1 heterocycles. The molecule has 19 heavy (non-hydrogen) atoms. The van der Waals surface area contributed by atoms with Crippen LogP contribution >= 0.6 is 36.2 Å². The third-order valence-corrected chi connectivity index (χ3v) is 3.21. The molecule has 0 fully saturated rings. The van der Waals surface area contributed by atoms with Crippen molar-refractivity contribution in [1.29, 1.82) is 0 Å². The van der Waals surface area contributed by atoms with Crippen molar-refractivity contribution in [2.24, 2.45) is 5.73 Å². The molecule has 0 spiro atoms. The van der Waals surface area contributed by atoms with Gasteiger partial charge in [-0.15, -0.1) is 36.2 Å². The van der Waals surface area contributed by atoms with Gasteiger partial charge in [-0.3, -0.25) is 4.79 Å². The molecule has 0 saturated heterocycles. The van der Waals surface area contributed by atoms with Gasteiger partial charge >= 0.3 is 0 Å². The van der Waals surface area contributed by atoms with E-state index in [0.29, 0.717) is 19.5 Å². The van der Waals surface area contributed by atoms with Crippen LogP contribution in [0.1, 0.15) is 44.3 Å². The molecule has 3 N–H and O–H groups in total. The number of nitrogens with zero attached hydrogens (tertiary/aromatic N) is 1. The Labute approximate surface area is 131 Å². The van der Waals surface area contributed by atoms with Crippen LogP contribution < -0.4 is 11.1 Å². The molecule has 0 aliphatic heterocycles. The van der Waals surface area contributed by atoms with Crippen molar-refractivity contribution in [3.63, 3.8) is 0 Å². The molecule has 0 aliphatic carbocycles. The molecule has 0 aliphatic rings. The quantitative estimate of drug-likeness (QED) is 0.873. The average Bonchev–Trinajstić information content (AvgIpc) is 2.71. The van der Waals surface area contributed by atoms with E-state index < -0.39 is 0 Å². The monoisotopic (exact) mass is 327 g/mol. The third kappa shape index (κ3) is 7.72. The Balaban J connectivity index is 0. The molecule has 1 aromatic heterocycles. The summed E-state index contributed by atoms with van der Waals surface area (Å²) in [6.45, 7) is 7.46. The highest BCUT2D eigenvalue weighted by Gasteiger charge is 2.17. The van der Waals surface area contributed by atoms with Gasteiger partial charge in [0, 0.05) is 17.2 Å². The largest absolute Gasteiger partial charge is 0.350 e. The Hall–Kier alpha value is -0.360. The van der Waals surface area contributed by atoms with Crippen molar-refractivity contribution in [3.05, 3.63) is 16.1 Å². The van der Waals surface area contributed by atoms with Gasteiger partial charge in [0.1, 0.15) is 5.01 Å². The molecule has 4 nitrogen and oxygen atoms in total. The zero-order valence-corrected chi connectivity index (χ0v) is 14.0. The fourth-order valence-electron chi connectivity index (χ4n) is 1.26. The van der Waals surface area contributed by atoms with Crippen molar-refractivity contribution in [2.75, 3.05) is 6.54 Å². The molecule has 0 radical (unpaired) electrons. The second kappa shape index (κ2) is 9.53. The number of amides is 1. The number of carbonyl (C=O) groups excluding carboxylic acids is 1. The van der Waals surface area contributed by atoms with Crippen LogP contribution in [-0.2, 0) is 16.8 Å². The summed E-state index contributed by atoms with van der Waals surface area (Å²) in [7, 11) is 0. The van der Waals surface area contributed by atoms with Crippen LogP contribution in [0.3, 0.4) is 0 Å². The highest BCUT2D eigenvalue weighted by atomic mass is 35.5. The van der Waals surface area contributed by atoms with Gasteiger partial charge in [0.25, 0.3) is 0 Å². The summed E-state index contributed by atoms with van der Waals surface area (Å²) < 4.78 is 0. The first-order chi connectivity index (χ1) is 7.93. The highest BCUT2D eigenvalue weighted by Crippen LogP contribution is 2.23. The SMILES string of the molecule is CC(C)(C)c1csc(CNC(=O)CCCN)n1.Cl.Cl. The standard InChI is InChI=1S/C12H21N3OS.2ClH/c1-12(2,3)9-8-17-11(15-9)7-14-10(16)5-4-6-13;;/h8H,4-7,13H2,1-3H3,(H,14,16);2*1H. The summed E-state index contributed by atoms with van der Waals surface area (Å²) in [5, 5.41) is 5.86. The van der Waals surface area contributed by atoms with Gasteiger partial charge in [-0.05, 0) is 13.0 Å². The lowest BCUT2D eigenvalue weighted by atomic mass is 9.93. The minimum atomic E-state index is 0. The van der Waals surface area contributed by atoms with Crippen LogP contribution in [0.25, 0.3) is 0 Å². The van der Waals surface area contributed by atoms with Crippen LogP contribution in [0.5, 0.6) is 0 Å². The van der Waals surface area contributed by atoms with Crippen LogP contribution in [0.15, 0.2) is 5.38 Å². The number of thiazole rings is 1. The Bertz CT molecular complexity index is 377. The average molecular weight is 328 g/mol. The molecule has 0 atom stereocenters. The number of aromatic nitrogens is 1. The number of hydrogen-bond acceptors (Lipinski definition) is 4. The van der Waals surface area contributed by atoms with Crippen molar-refractivity contribution in [3.8, 4) is 0 Å². The van der Waals surface area contributed by atoms with E-state index in [0.717, 1.165) is 17.1 Å². The molecule has 0 unspecified atom stereocenters. The van der Waals surface area contributed by atoms with Gasteiger partial charge in [0.15, 0.2) is 0 Å². The second-order valence-electron chi connectivity index (χ2n) is 5.05. The Morgan fingerprint density at radius 1 is 1.42 bits per heavy atom. The summed E-state index contributed by atoms with van der Waals surface area (Å²) in [6, 6.07) is 0. The third-order valence-electron chi connectivity index (χ3n) is 2.36. The normalized spacial score (nSPS) is 10.3. The van der Waals surface area contributed by atoms with Crippen LogP contribution in [0.2, 0.25) is 0 Å². The summed E-state index contributed by atoms with van der Waals surface area (Å²) in [4.78, 5) is 15.9. The minimum Gasteiger partial charge on any atom is -0.350 e.